The van der Waals surface area contributed by atoms with Gasteiger partial charge >= 0.3 is 5.97 Å². The zero-order valence-electron chi connectivity index (χ0n) is 10.8. The lowest BCUT2D eigenvalue weighted by molar-refractivity contribution is -0.127. The number of hydrogen-bond acceptors (Lipinski definition) is 4. The molecular weight excluding hydrogens is 310 g/mol. The van der Waals surface area contributed by atoms with Crippen LogP contribution in [0.1, 0.15) is 10.4 Å². The van der Waals surface area contributed by atoms with E-state index in [9.17, 15) is 23.2 Å². The van der Waals surface area contributed by atoms with Gasteiger partial charge in [-0.15, -0.1) is 0 Å². The summed E-state index contributed by atoms with van der Waals surface area (Å²) in [6.45, 7) is -0.968. The lowest BCUT2D eigenvalue weighted by Crippen LogP contribution is -2.37. The van der Waals surface area contributed by atoms with E-state index in [0.717, 1.165) is 0 Å². The number of amides is 2. The van der Waals surface area contributed by atoms with Crippen molar-refractivity contribution in [2.75, 3.05) is 20.2 Å². The molecule has 9 heteroatoms. The van der Waals surface area contributed by atoms with Crippen LogP contribution in [0.2, 0.25) is 5.02 Å². The smallest absolute Gasteiger partial charge is 0.340 e. The number of nitrogens with one attached hydrogen (secondary N) is 2. The van der Waals surface area contributed by atoms with Crippen molar-refractivity contribution < 1.29 is 27.9 Å². The zero-order chi connectivity index (χ0) is 16.0. The van der Waals surface area contributed by atoms with Gasteiger partial charge in [-0.25, -0.2) is 13.6 Å². The number of carbonyl (C=O) groups excluding carboxylic acids is 3. The van der Waals surface area contributed by atoms with E-state index in [4.69, 9.17) is 11.6 Å². The summed E-state index contributed by atoms with van der Waals surface area (Å²) in [5.74, 6) is -4.73. The van der Waals surface area contributed by atoms with Crippen LogP contribution in [0.25, 0.3) is 0 Å². The summed E-state index contributed by atoms with van der Waals surface area (Å²) in [6, 6.07) is 1.20. The summed E-state index contributed by atoms with van der Waals surface area (Å²) in [7, 11) is 1.39. The van der Waals surface area contributed by atoms with Crippen molar-refractivity contribution >= 4 is 29.4 Å². The fourth-order valence-corrected chi connectivity index (χ4v) is 1.43. The Hall–Kier alpha value is -2.22. The molecule has 0 aliphatic carbocycles. The van der Waals surface area contributed by atoms with Crippen molar-refractivity contribution in [3.63, 3.8) is 0 Å². The molecule has 0 fully saturated rings. The van der Waals surface area contributed by atoms with Gasteiger partial charge in [0.1, 0.15) is 0 Å². The first-order valence-electron chi connectivity index (χ1n) is 5.64. The molecule has 114 valence electrons. The van der Waals surface area contributed by atoms with Crippen LogP contribution in [0.3, 0.4) is 0 Å². The molecule has 0 saturated carbocycles. The Kier molecular flexibility index (Phi) is 6.04. The van der Waals surface area contributed by atoms with Gasteiger partial charge in [-0.2, -0.15) is 0 Å². The number of ether oxygens (including phenoxy) is 1. The molecule has 0 aliphatic rings. The van der Waals surface area contributed by atoms with E-state index in [1.807, 2.05) is 0 Å². The van der Waals surface area contributed by atoms with Gasteiger partial charge in [0.05, 0.1) is 17.1 Å². The largest absolute Gasteiger partial charge is 0.452 e. The van der Waals surface area contributed by atoms with Crippen LogP contribution in [0, 0.1) is 11.6 Å². The number of hydrogen-bond donors (Lipinski definition) is 2. The summed E-state index contributed by atoms with van der Waals surface area (Å²) in [4.78, 5) is 33.7. The van der Waals surface area contributed by atoms with E-state index in [1.54, 1.807) is 0 Å². The predicted molar refractivity (Wildman–Crippen MR) is 68.7 cm³/mol. The number of benzene rings is 1. The number of halogens is 3. The van der Waals surface area contributed by atoms with Gasteiger partial charge in [0.2, 0.25) is 5.91 Å². The number of esters is 1. The summed E-state index contributed by atoms with van der Waals surface area (Å²) < 4.78 is 30.4. The molecule has 2 N–H and O–H groups in total. The van der Waals surface area contributed by atoms with Gasteiger partial charge in [0.25, 0.3) is 5.91 Å². The second-order valence-corrected chi connectivity index (χ2v) is 4.18. The van der Waals surface area contributed by atoms with Crippen molar-refractivity contribution in [2.24, 2.45) is 0 Å². The second kappa shape index (κ2) is 7.53. The zero-order valence-corrected chi connectivity index (χ0v) is 11.6. The molecule has 0 radical (unpaired) electrons. The van der Waals surface area contributed by atoms with Crippen molar-refractivity contribution in [1.82, 2.24) is 10.6 Å². The first-order valence-corrected chi connectivity index (χ1v) is 6.02. The van der Waals surface area contributed by atoms with E-state index in [2.05, 4.69) is 15.4 Å². The topological polar surface area (TPSA) is 84.5 Å². The fourth-order valence-electron chi connectivity index (χ4n) is 1.21. The SMILES string of the molecule is CNC(=O)CNC(=O)COC(=O)c1cc(F)c(F)cc1Cl. The molecule has 21 heavy (non-hydrogen) atoms. The van der Waals surface area contributed by atoms with Gasteiger partial charge < -0.3 is 15.4 Å². The minimum Gasteiger partial charge on any atom is -0.452 e. The van der Waals surface area contributed by atoms with E-state index >= 15 is 0 Å². The van der Waals surface area contributed by atoms with E-state index in [-0.39, 0.29) is 11.6 Å². The highest BCUT2D eigenvalue weighted by atomic mass is 35.5. The summed E-state index contributed by atoms with van der Waals surface area (Å²) in [6.07, 6.45) is 0. The first-order chi connectivity index (χ1) is 9.85. The molecule has 1 rings (SSSR count). The summed E-state index contributed by atoms with van der Waals surface area (Å²) in [5, 5.41) is 4.11. The Morgan fingerprint density at radius 3 is 2.43 bits per heavy atom. The summed E-state index contributed by atoms with van der Waals surface area (Å²) in [5.41, 5.74) is -0.408. The van der Waals surface area contributed by atoms with Crippen molar-refractivity contribution in [3.05, 3.63) is 34.4 Å². The molecule has 0 heterocycles. The minimum absolute atomic E-state index is 0.279. The maximum absolute atomic E-state index is 13.0. The Morgan fingerprint density at radius 1 is 1.19 bits per heavy atom. The highest BCUT2D eigenvalue weighted by Gasteiger charge is 2.17. The first kappa shape index (κ1) is 16.8. The molecule has 0 atom stereocenters. The normalized spacial score (nSPS) is 9.90. The third kappa shape index (κ3) is 4.99. The average molecular weight is 321 g/mol. The van der Waals surface area contributed by atoms with Crippen LogP contribution >= 0.6 is 11.6 Å². The molecule has 1 aromatic rings. The van der Waals surface area contributed by atoms with Crippen molar-refractivity contribution in [2.45, 2.75) is 0 Å². The Balaban J connectivity index is 2.56. The quantitative estimate of drug-likeness (QED) is 0.616. The number of likely N-dealkylation sites (N-methyl/N-ethyl adjacent to an activating group) is 1. The number of rotatable bonds is 5. The van der Waals surface area contributed by atoms with Crippen LogP contribution in [-0.2, 0) is 14.3 Å². The van der Waals surface area contributed by atoms with E-state index in [1.165, 1.54) is 7.05 Å². The maximum atomic E-state index is 13.0. The van der Waals surface area contributed by atoms with Gasteiger partial charge in [0.15, 0.2) is 18.2 Å². The standard InChI is InChI=1S/C12H11ClF2N2O4/c1-16-10(18)4-17-11(19)5-21-12(20)6-2-8(14)9(15)3-7(6)13/h2-3H,4-5H2,1H3,(H,16,18)(H,17,19). The van der Waals surface area contributed by atoms with Crippen LogP contribution in [0.4, 0.5) is 8.78 Å². The third-order valence-electron chi connectivity index (χ3n) is 2.29. The second-order valence-electron chi connectivity index (χ2n) is 3.77. The molecule has 0 aromatic heterocycles. The average Bonchev–Trinajstić information content (AvgIpc) is 2.45. The maximum Gasteiger partial charge on any atom is 0.340 e. The molecule has 0 spiro atoms. The van der Waals surface area contributed by atoms with Crippen LogP contribution in [0.15, 0.2) is 12.1 Å². The highest BCUT2D eigenvalue weighted by molar-refractivity contribution is 6.33. The molecule has 0 unspecified atom stereocenters. The van der Waals surface area contributed by atoms with Crippen LogP contribution in [0.5, 0.6) is 0 Å². The molecule has 0 saturated heterocycles. The molecule has 0 aliphatic heterocycles. The molecule has 2 amide bonds. The lowest BCUT2D eigenvalue weighted by Gasteiger charge is -2.07. The Bertz CT molecular complexity index is 581. The molecule has 6 nitrogen and oxygen atoms in total. The Morgan fingerprint density at radius 2 is 1.81 bits per heavy atom. The minimum atomic E-state index is -1.27. The number of carbonyl (C=O) groups is 3. The predicted octanol–water partition coefficient (Wildman–Crippen LogP) is 0.637. The van der Waals surface area contributed by atoms with Crippen molar-refractivity contribution in [3.8, 4) is 0 Å². The molecule has 0 bridgehead atoms. The lowest BCUT2D eigenvalue weighted by atomic mass is 10.2. The van der Waals surface area contributed by atoms with Crippen molar-refractivity contribution in [1.29, 1.82) is 0 Å². The molecular formula is C12H11ClF2N2O4. The van der Waals surface area contributed by atoms with E-state index < -0.39 is 41.6 Å². The third-order valence-corrected chi connectivity index (χ3v) is 2.60. The monoisotopic (exact) mass is 320 g/mol. The van der Waals surface area contributed by atoms with Gasteiger partial charge in [-0.3, -0.25) is 9.59 Å². The van der Waals surface area contributed by atoms with Gasteiger partial charge in [-0.05, 0) is 12.1 Å². The van der Waals surface area contributed by atoms with Gasteiger partial charge in [-0.1, -0.05) is 11.6 Å². The van der Waals surface area contributed by atoms with Gasteiger partial charge in [0, 0.05) is 7.05 Å². The highest BCUT2D eigenvalue weighted by Crippen LogP contribution is 2.20. The summed E-state index contributed by atoms with van der Waals surface area (Å²) >= 11 is 5.57. The molecule has 1 aromatic carbocycles. The Labute approximate surface area is 123 Å². The fraction of sp³-hybridized carbons (Fsp3) is 0.250. The van der Waals surface area contributed by atoms with E-state index in [0.29, 0.717) is 12.1 Å². The van der Waals surface area contributed by atoms with Crippen LogP contribution < -0.4 is 10.6 Å². The van der Waals surface area contributed by atoms with Crippen LogP contribution in [-0.4, -0.2) is 38.0 Å².